The minimum Gasteiger partial charge on any atom is -0.370 e. The Morgan fingerprint density at radius 1 is 1.29 bits per heavy atom. The zero-order valence-corrected chi connectivity index (χ0v) is 12.9. The highest BCUT2D eigenvalue weighted by atomic mass is 79.9. The zero-order valence-electron chi connectivity index (χ0n) is 11.3. The maximum atomic E-state index is 4.38. The smallest absolute Gasteiger partial charge is 0.126 e. The number of aryl methyl sites for hydroxylation is 1. The second-order valence-corrected chi connectivity index (χ2v) is 7.05. The van der Waals surface area contributed by atoms with Crippen LogP contribution in [0.15, 0.2) is 16.7 Å². The molecule has 2 rings (SSSR count). The van der Waals surface area contributed by atoms with Gasteiger partial charge in [0.05, 0.1) is 0 Å². The van der Waals surface area contributed by atoms with Crippen LogP contribution in [-0.2, 0) is 0 Å². The van der Waals surface area contributed by atoms with Crippen LogP contribution in [0.4, 0.5) is 5.82 Å². The van der Waals surface area contributed by atoms with Crippen LogP contribution in [0, 0.1) is 23.7 Å². The molecule has 1 aromatic heterocycles. The fourth-order valence-electron chi connectivity index (χ4n) is 2.69. The third kappa shape index (κ3) is 2.10. The number of hydrogen-bond donors (Lipinski definition) is 1. The van der Waals surface area contributed by atoms with Gasteiger partial charge in [-0.05, 0) is 51.2 Å². The Morgan fingerprint density at radius 3 is 2.35 bits per heavy atom. The monoisotopic (exact) mass is 296 g/mol. The van der Waals surface area contributed by atoms with Crippen LogP contribution in [0.2, 0.25) is 0 Å². The fourth-order valence-corrected chi connectivity index (χ4v) is 2.90. The van der Waals surface area contributed by atoms with Crippen molar-refractivity contribution in [2.45, 2.75) is 34.6 Å². The maximum Gasteiger partial charge on any atom is 0.126 e. The van der Waals surface area contributed by atoms with Crippen molar-refractivity contribution in [1.82, 2.24) is 4.98 Å². The zero-order chi connectivity index (χ0) is 12.8. The summed E-state index contributed by atoms with van der Waals surface area (Å²) in [5.41, 5.74) is 2.09. The van der Waals surface area contributed by atoms with E-state index in [0.717, 1.165) is 22.8 Å². The molecule has 1 fully saturated rings. The minimum atomic E-state index is 0.435. The lowest BCUT2D eigenvalue weighted by Crippen LogP contribution is -2.09. The van der Waals surface area contributed by atoms with Crippen molar-refractivity contribution in [2.75, 3.05) is 11.9 Å². The summed E-state index contributed by atoms with van der Waals surface area (Å²) in [5.74, 6) is 1.70. The number of aromatic nitrogens is 1. The second kappa shape index (κ2) is 3.98. The predicted octanol–water partition coefficient (Wildman–Crippen LogP) is 4.25. The first-order valence-corrected chi connectivity index (χ1v) is 6.92. The molecule has 0 bridgehead atoms. The summed E-state index contributed by atoms with van der Waals surface area (Å²) in [6.07, 6.45) is 1.86. The summed E-state index contributed by atoms with van der Waals surface area (Å²) in [4.78, 5) is 4.38. The Labute approximate surface area is 112 Å². The van der Waals surface area contributed by atoms with Crippen LogP contribution in [0.3, 0.4) is 0 Å². The minimum absolute atomic E-state index is 0.435. The topological polar surface area (TPSA) is 24.9 Å². The second-order valence-electron chi connectivity index (χ2n) is 6.20. The van der Waals surface area contributed by atoms with Crippen LogP contribution in [-0.4, -0.2) is 11.5 Å². The van der Waals surface area contributed by atoms with Crippen LogP contribution in [0.25, 0.3) is 0 Å². The molecule has 1 aliphatic carbocycles. The van der Waals surface area contributed by atoms with Crippen molar-refractivity contribution >= 4 is 21.7 Å². The average Bonchev–Trinajstić information content (AvgIpc) is 2.61. The molecule has 0 radical (unpaired) electrons. The molecule has 0 unspecified atom stereocenters. The van der Waals surface area contributed by atoms with Crippen LogP contribution < -0.4 is 5.32 Å². The molecule has 1 heterocycles. The van der Waals surface area contributed by atoms with Crippen LogP contribution >= 0.6 is 15.9 Å². The molecule has 1 aromatic rings. The van der Waals surface area contributed by atoms with Gasteiger partial charge in [-0.2, -0.15) is 0 Å². The third-order valence-electron chi connectivity index (χ3n) is 4.85. The normalized spacial score (nSPS) is 21.3. The van der Waals surface area contributed by atoms with Gasteiger partial charge in [-0.15, -0.1) is 0 Å². The van der Waals surface area contributed by atoms with Crippen molar-refractivity contribution in [3.8, 4) is 0 Å². The van der Waals surface area contributed by atoms with E-state index < -0.39 is 0 Å². The van der Waals surface area contributed by atoms with Gasteiger partial charge in [-0.25, -0.2) is 4.98 Å². The van der Waals surface area contributed by atoms with E-state index in [1.54, 1.807) is 0 Å². The van der Waals surface area contributed by atoms with Gasteiger partial charge in [0.15, 0.2) is 0 Å². The molecule has 0 aliphatic heterocycles. The Hall–Kier alpha value is -0.570. The number of nitrogens with zero attached hydrogens (tertiary/aromatic N) is 1. The van der Waals surface area contributed by atoms with Crippen molar-refractivity contribution < 1.29 is 0 Å². The summed E-state index contributed by atoms with van der Waals surface area (Å²) < 4.78 is 1.06. The van der Waals surface area contributed by atoms with Gasteiger partial charge in [-0.3, -0.25) is 0 Å². The number of halogens is 1. The molecular weight excluding hydrogens is 276 g/mol. The number of rotatable bonds is 3. The quantitative estimate of drug-likeness (QED) is 0.902. The molecule has 1 N–H and O–H groups in total. The number of nitrogens with one attached hydrogen (secondary N) is 1. The first kappa shape index (κ1) is 12.9. The molecule has 0 saturated heterocycles. The summed E-state index contributed by atoms with van der Waals surface area (Å²) in [6.45, 7) is 12.5. The van der Waals surface area contributed by atoms with E-state index in [1.807, 2.05) is 6.20 Å². The molecule has 17 heavy (non-hydrogen) atoms. The molecule has 2 nitrogen and oxygen atoms in total. The van der Waals surface area contributed by atoms with Gasteiger partial charge in [0.25, 0.3) is 0 Å². The largest absolute Gasteiger partial charge is 0.370 e. The van der Waals surface area contributed by atoms with Gasteiger partial charge in [0.2, 0.25) is 0 Å². The summed E-state index contributed by atoms with van der Waals surface area (Å²) in [5, 5.41) is 3.45. The molecular formula is C14H21BrN2. The molecule has 3 heteroatoms. The SMILES string of the molecule is Cc1cc(NCC2C(C)(C)C2(C)C)ncc1Br. The molecule has 0 aromatic carbocycles. The molecule has 0 amide bonds. The standard InChI is InChI=1S/C14H21BrN2/c1-9-6-12(16-7-10(9)15)17-8-11-13(2,3)14(11,4)5/h6-7,11H,8H2,1-5H3,(H,16,17). The van der Waals surface area contributed by atoms with Gasteiger partial charge in [-0.1, -0.05) is 27.7 Å². The number of hydrogen-bond acceptors (Lipinski definition) is 2. The van der Waals surface area contributed by atoms with Gasteiger partial charge in [0, 0.05) is 17.2 Å². The van der Waals surface area contributed by atoms with E-state index in [1.165, 1.54) is 5.56 Å². The third-order valence-corrected chi connectivity index (χ3v) is 5.68. The Bertz CT molecular complexity index is 424. The maximum absolute atomic E-state index is 4.38. The Kier molecular flexibility index (Phi) is 3.01. The summed E-state index contributed by atoms with van der Waals surface area (Å²) in [6, 6.07) is 2.09. The highest BCUT2D eigenvalue weighted by Gasteiger charge is 2.64. The fraction of sp³-hybridized carbons (Fsp3) is 0.643. The van der Waals surface area contributed by atoms with Crippen molar-refractivity contribution in [3.05, 3.63) is 22.3 Å². The highest BCUT2D eigenvalue weighted by Crippen LogP contribution is 2.68. The van der Waals surface area contributed by atoms with Crippen molar-refractivity contribution in [2.24, 2.45) is 16.7 Å². The first-order chi connectivity index (χ1) is 7.76. The Morgan fingerprint density at radius 2 is 1.88 bits per heavy atom. The van der Waals surface area contributed by atoms with Crippen LogP contribution in [0.1, 0.15) is 33.3 Å². The lowest BCUT2D eigenvalue weighted by atomic mass is 10.0. The summed E-state index contributed by atoms with van der Waals surface area (Å²) >= 11 is 3.47. The number of anilines is 1. The van der Waals surface area contributed by atoms with Crippen molar-refractivity contribution in [3.63, 3.8) is 0 Å². The van der Waals surface area contributed by atoms with E-state index in [4.69, 9.17) is 0 Å². The van der Waals surface area contributed by atoms with E-state index in [0.29, 0.717) is 10.8 Å². The first-order valence-electron chi connectivity index (χ1n) is 6.13. The average molecular weight is 297 g/mol. The van der Waals surface area contributed by atoms with Gasteiger partial charge >= 0.3 is 0 Å². The van der Waals surface area contributed by atoms with E-state index in [2.05, 4.69) is 66.9 Å². The predicted molar refractivity (Wildman–Crippen MR) is 76.2 cm³/mol. The van der Waals surface area contributed by atoms with E-state index in [9.17, 15) is 0 Å². The molecule has 94 valence electrons. The van der Waals surface area contributed by atoms with Gasteiger partial charge in [0.1, 0.15) is 5.82 Å². The van der Waals surface area contributed by atoms with E-state index >= 15 is 0 Å². The number of pyridine rings is 1. The van der Waals surface area contributed by atoms with E-state index in [-0.39, 0.29) is 0 Å². The lowest BCUT2D eigenvalue weighted by molar-refractivity contribution is 0.457. The Balaban J connectivity index is 1.98. The summed E-state index contributed by atoms with van der Waals surface area (Å²) in [7, 11) is 0. The molecule has 1 saturated carbocycles. The molecule has 1 aliphatic rings. The van der Waals surface area contributed by atoms with Crippen LogP contribution in [0.5, 0.6) is 0 Å². The lowest BCUT2D eigenvalue weighted by Gasteiger charge is -2.08. The van der Waals surface area contributed by atoms with Gasteiger partial charge < -0.3 is 5.32 Å². The van der Waals surface area contributed by atoms with Crippen molar-refractivity contribution in [1.29, 1.82) is 0 Å². The molecule has 0 spiro atoms. The highest BCUT2D eigenvalue weighted by molar-refractivity contribution is 9.10. The molecule has 0 atom stereocenters.